The molecule has 0 saturated carbocycles. The van der Waals surface area contributed by atoms with Crippen molar-refractivity contribution in [2.45, 2.75) is 47.7 Å². The minimum atomic E-state index is -2.78. The molecule has 0 radical (unpaired) electrons. The third-order valence-corrected chi connectivity index (χ3v) is 6.75. The van der Waals surface area contributed by atoms with E-state index in [1.54, 1.807) is 51.1 Å². The molecule has 4 aromatic carbocycles. The molecule has 0 aliphatic rings. The van der Waals surface area contributed by atoms with Crippen LogP contribution in [0, 0.1) is 26.0 Å². The molecule has 2 nitrogen and oxygen atoms in total. The molecule has 0 N–H and O–H groups in total. The van der Waals surface area contributed by atoms with E-state index in [1.165, 1.54) is 24.4 Å². The summed E-state index contributed by atoms with van der Waals surface area (Å²) in [6.07, 6.45) is -0.517. The minimum absolute atomic E-state index is 0.0139. The molecule has 39 heavy (non-hydrogen) atoms. The van der Waals surface area contributed by atoms with Gasteiger partial charge in [-0.15, -0.1) is 0 Å². The van der Waals surface area contributed by atoms with Crippen molar-refractivity contribution >= 4 is 21.9 Å². The van der Waals surface area contributed by atoms with Crippen molar-refractivity contribution in [3.63, 3.8) is 0 Å². The normalized spacial score (nSPS) is 17.5. The summed E-state index contributed by atoms with van der Waals surface area (Å²) in [5.74, 6) is 0. The molecular weight excluding hydrogens is 474 g/mol. The van der Waals surface area contributed by atoms with Gasteiger partial charge in [-0.2, -0.15) is 0 Å². The quantitative estimate of drug-likeness (QED) is 0.231. The summed E-state index contributed by atoms with van der Waals surface area (Å²) in [5, 5.41) is 1.70. The van der Waals surface area contributed by atoms with Crippen molar-refractivity contribution in [3.05, 3.63) is 113 Å². The Morgan fingerprint density at radius 1 is 0.718 bits per heavy atom. The lowest BCUT2D eigenvalue weighted by molar-refractivity contribution is 0.411. The molecule has 6 aromatic rings. The Bertz CT molecular complexity index is 2230. The number of aryl methyl sites for hydroxylation is 3. The van der Waals surface area contributed by atoms with Crippen LogP contribution in [0.3, 0.4) is 0 Å². The standard InChI is InChI=1S/C37H35NO/c1-23-19-32(24(2)18-31(23)27-16-14-26(15-17-27)21-37(4,5)6)33-20-34(38-22-25(33)3)30-12-9-11-29-28-10-7-8-13-35(28)39-36(29)30/h7-20,22H,21H2,1-6H3/i1D3,2D3,3D3,21D2. The minimum Gasteiger partial charge on any atom is -0.455 e. The topological polar surface area (TPSA) is 26.0 Å². The summed E-state index contributed by atoms with van der Waals surface area (Å²) in [6, 6.07) is 23.4. The fourth-order valence-corrected chi connectivity index (χ4v) is 5.00. The highest BCUT2D eigenvalue weighted by atomic mass is 16.3. The zero-order valence-electron chi connectivity index (χ0n) is 33.0. The van der Waals surface area contributed by atoms with Gasteiger partial charge in [0.2, 0.25) is 0 Å². The number of furan rings is 1. The van der Waals surface area contributed by atoms with Crippen molar-refractivity contribution in [1.29, 1.82) is 0 Å². The number of nitrogens with zero attached hydrogens (tertiary/aromatic N) is 1. The Balaban J connectivity index is 1.62. The summed E-state index contributed by atoms with van der Waals surface area (Å²) in [5.41, 5.74) is 1.50. The zero-order chi connectivity index (χ0) is 36.6. The molecule has 0 bridgehead atoms. The van der Waals surface area contributed by atoms with Gasteiger partial charge in [0.1, 0.15) is 11.2 Å². The third-order valence-electron chi connectivity index (χ3n) is 6.75. The number of benzene rings is 4. The lowest BCUT2D eigenvalue weighted by Crippen LogP contribution is -2.08. The monoisotopic (exact) mass is 520 g/mol. The van der Waals surface area contributed by atoms with Gasteiger partial charge in [-0.25, -0.2) is 0 Å². The Labute approximate surface area is 246 Å². The maximum Gasteiger partial charge on any atom is 0.144 e. The molecule has 0 unspecified atom stereocenters. The van der Waals surface area contributed by atoms with E-state index in [4.69, 9.17) is 19.5 Å². The van der Waals surface area contributed by atoms with Gasteiger partial charge < -0.3 is 4.42 Å². The first-order chi connectivity index (χ1) is 23.1. The van der Waals surface area contributed by atoms with E-state index < -0.39 is 32.3 Å². The SMILES string of the molecule is [2H]C([2H])([2H])c1cc(-c2cc(-c3cccc4c3oc3ccccc34)ncc2C([2H])([2H])[2H])c(C([2H])([2H])[2H])cc1-c1ccc(C([2H])([2H])C(C)(C)C)cc1. The fraction of sp³-hybridized carbons (Fsp3) is 0.216. The van der Waals surface area contributed by atoms with Crippen molar-refractivity contribution in [2.24, 2.45) is 5.41 Å². The molecule has 194 valence electrons. The maximum atomic E-state index is 8.64. The number of para-hydroxylation sites is 2. The highest BCUT2D eigenvalue weighted by Gasteiger charge is 2.16. The fourth-order valence-electron chi connectivity index (χ4n) is 5.00. The van der Waals surface area contributed by atoms with E-state index in [9.17, 15) is 0 Å². The summed E-state index contributed by atoms with van der Waals surface area (Å²) in [7, 11) is 0. The number of pyridine rings is 1. The van der Waals surface area contributed by atoms with E-state index in [-0.39, 0.29) is 33.4 Å². The van der Waals surface area contributed by atoms with Crippen LogP contribution in [-0.2, 0) is 6.37 Å². The Hall–Kier alpha value is -4.17. The summed E-state index contributed by atoms with van der Waals surface area (Å²) < 4.78 is 99.4. The number of rotatable bonds is 4. The molecule has 0 fully saturated rings. The molecule has 0 amide bonds. The van der Waals surface area contributed by atoms with Crippen LogP contribution in [0.25, 0.3) is 55.4 Å². The van der Waals surface area contributed by atoms with Crippen molar-refractivity contribution < 1.29 is 19.5 Å². The van der Waals surface area contributed by atoms with E-state index in [2.05, 4.69) is 4.98 Å². The number of hydrogen-bond donors (Lipinski definition) is 0. The first-order valence-electron chi connectivity index (χ1n) is 18.3. The molecular formula is C37H35NO. The Morgan fingerprint density at radius 2 is 1.41 bits per heavy atom. The van der Waals surface area contributed by atoms with E-state index in [1.807, 2.05) is 36.4 Å². The van der Waals surface area contributed by atoms with Crippen molar-refractivity contribution in [2.75, 3.05) is 0 Å². The van der Waals surface area contributed by atoms with Crippen LogP contribution in [-0.4, -0.2) is 4.98 Å². The van der Waals surface area contributed by atoms with Gasteiger partial charge in [-0.1, -0.05) is 87.5 Å². The van der Waals surface area contributed by atoms with Crippen LogP contribution >= 0.6 is 0 Å². The van der Waals surface area contributed by atoms with Crippen LogP contribution in [0.5, 0.6) is 0 Å². The van der Waals surface area contributed by atoms with Crippen LogP contribution < -0.4 is 0 Å². The Kier molecular flexibility index (Phi) is 3.77. The van der Waals surface area contributed by atoms with Crippen molar-refractivity contribution in [1.82, 2.24) is 4.98 Å². The van der Waals surface area contributed by atoms with Gasteiger partial charge in [0.05, 0.1) is 5.69 Å². The molecule has 6 rings (SSSR count). The second-order valence-electron chi connectivity index (χ2n) is 10.8. The lowest BCUT2D eigenvalue weighted by Gasteiger charge is -2.19. The molecule has 0 aliphatic carbocycles. The second kappa shape index (κ2) is 9.54. The summed E-state index contributed by atoms with van der Waals surface area (Å²) >= 11 is 0. The van der Waals surface area contributed by atoms with Gasteiger partial charge in [-0.3, -0.25) is 4.98 Å². The Morgan fingerprint density at radius 3 is 2.18 bits per heavy atom. The van der Waals surface area contributed by atoms with Crippen LogP contribution in [0.1, 0.15) is 58.1 Å². The number of aromatic nitrogens is 1. The highest BCUT2D eigenvalue weighted by molar-refractivity contribution is 6.09. The van der Waals surface area contributed by atoms with Gasteiger partial charge >= 0.3 is 0 Å². The molecule has 0 spiro atoms. The summed E-state index contributed by atoms with van der Waals surface area (Å²) in [4.78, 5) is 4.49. The van der Waals surface area contributed by atoms with Gasteiger partial charge in [0, 0.05) is 37.6 Å². The molecule has 2 heterocycles. The van der Waals surface area contributed by atoms with Gasteiger partial charge in [0.15, 0.2) is 0 Å². The van der Waals surface area contributed by atoms with Crippen LogP contribution in [0.2, 0.25) is 0 Å². The smallest absolute Gasteiger partial charge is 0.144 e. The second-order valence-corrected chi connectivity index (χ2v) is 10.8. The zero-order valence-corrected chi connectivity index (χ0v) is 22.0. The first kappa shape index (κ1) is 15.4. The molecule has 0 atom stereocenters. The van der Waals surface area contributed by atoms with Crippen molar-refractivity contribution in [3.8, 4) is 33.5 Å². The number of hydrogen-bond acceptors (Lipinski definition) is 2. The largest absolute Gasteiger partial charge is 0.455 e. The molecule has 2 heteroatoms. The van der Waals surface area contributed by atoms with Gasteiger partial charge in [0.25, 0.3) is 0 Å². The lowest BCUT2D eigenvalue weighted by atomic mass is 9.87. The highest BCUT2D eigenvalue weighted by Crippen LogP contribution is 2.38. The maximum absolute atomic E-state index is 8.64. The predicted molar refractivity (Wildman–Crippen MR) is 165 cm³/mol. The third kappa shape index (κ3) is 4.76. The molecule has 0 aliphatic heterocycles. The molecule has 0 saturated heterocycles. The van der Waals surface area contributed by atoms with E-state index in [0.717, 1.165) is 10.8 Å². The molecule has 2 aromatic heterocycles. The van der Waals surface area contributed by atoms with Gasteiger partial charge in [-0.05, 0) is 95.1 Å². The predicted octanol–water partition coefficient (Wildman–Crippen LogP) is 10.5. The van der Waals surface area contributed by atoms with Crippen LogP contribution in [0.4, 0.5) is 0 Å². The first-order valence-corrected chi connectivity index (χ1v) is 12.8. The number of fused-ring (bicyclic) bond motifs is 3. The van der Waals surface area contributed by atoms with E-state index in [0.29, 0.717) is 33.6 Å². The summed E-state index contributed by atoms with van der Waals surface area (Å²) in [6.45, 7) is -2.89. The average molecular weight is 521 g/mol. The average Bonchev–Trinajstić information content (AvgIpc) is 3.41. The van der Waals surface area contributed by atoms with Crippen LogP contribution in [0.15, 0.2) is 95.5 Å². The van der Waals surface area contributed by atoms with E-state index >= 15 is 0 Å².